The molecule has 6 heteroatoms. The molecule has 0 radical (unpaired) electrons. The first-order valence-corrected chi connectivity index (χ1v) is 6.57. The third kappa shape index (κ3) is 2.14. The molecule has 0 aliphatic rings. The zero-order valence-electron chi connectivity index (χ0n) is 9.15. The van der Waals surface area contributed by atoms with Gasteiger partial charge in [0.2, 0.25) is 11.7 Å². The highest BCUT2D eigenvalue weighted by Crippen LogP contribution is 2.29. The van der Waals surface area contributed by atoms with Crippen LogP contribution < -0.4 is 0 Å². The van der Waals surface area contributed by atoms with Crippen molar-refractivity contribution in [2.75, 3.05) is 0 Å². The molecule has 0 fully saturated rings. The number of thiazole rings is 1. The van der Waals surface area contributed by atoms with Crippen LogP contribution >= 0.6 is 22.9 Å². The van der Waals surface area contributed by atoms with E-state index in [2.05, 4.69) is 15.1 Å². The second-order valence-corrected chi connectivity index (χ2v) is 4.92. The Morgan fingerprint density at radius 1 is 1.22 bits per heavy atom. The van der Waals surface area contributed by atoms with Crippen LogP contribution in [0.2, 0.25) is 0 Å². The van der Waals surface area contributed by atoms with Gasteiger partial charge < -0.3 is 4.52 Å². The fraction of sp³-hybridized carbons (Fsp3) is 0.0833. The SMILES string of the molecule is ClC(c1ccccc1)c1nc(-c2cncs2)no1. The van der Waals surface area contributed by atoms with Crippen molar-refractivity contribution in [3.8, 4) is 10.7 Å². The van der Waals surface area contributed by atoms with Crippen molar-refractivity contribution in [1.82, 2.24) is 15.1 Å². The maximum absolute atomic E-state index is 6.30. The second kappa shape index (κ2) is 4.88. The lowest BCUT2D eigenvalue weighted by atomic mass is 10.1. The van der Waals surface area contributed by atoms with Crippen molar-refractivity contribution >= 4 is 22.9 Å². The van der Waals surface area contributed by atoms with Gasteiger partial charge in [-0.15, -0.1) is 22.9 Å². The predicted molar refractivity (Wildman–Crippen MR) is 69.5 cm³/mol. The molecule has 0 bridgehead atoms. The highest BCUT2D eigenvalue weighted by molar-refractivity contribution is 7.13. The van der Waals surface area contributed by atoms with E-state index in [0.29, 0.717) is 11.7 Å². The summed E-state index contributed by atoms with van der Waals surface area (Å²) in [5.74, 6) is 0.917. The molecule has 0 saturated heterocycles. The maximum atomic E-state index is 6.30. The molecule has 2 heterocycles. The van der Waals surface area contributed by atoms with Gasteiger partial charge >= 0.3 is 0 Å². The fourth-order valence-corrected chi connectivity index (χ4v) is 2.31. The lowest BCUT2D eigenvalue weighted by Crippen LogP contribution is -1.92. The molecule has 0 amide bonds. The van der Waals surface area contributed by atoms with Gasteiger partial charge in [-0.2, -0.15) is 4.98 Å². The second-order valence-electron chi connectivity index (χ2n) is 3.60. The minimum absolute atomic E-state index is 0.395. The average molecular weight is 278 g/mol. The molecule has 3 rings (SSSR count). The highest BCUT2D eigenvalue weighted by Gasteiger charge is 2.19. The first kappa shape index (κ1) is 11.4. The van der Waals surface area contributed by atoms with Crippen molar-refractivity contribution < 1.29 is 4.52 Å². The van der Waals surface area contributed by atoms with Crippen LogP contribution in [0.3, 0.4) is 0 Å². The van der Waals surface area contributed by atoms with Crippen molar-refractivity contribution in [3.63, 3.8) is 0 Å². The van der Waals surface area contributed by atoms with E-state index in [1.54, 1.807) is 11.7 Å². The number of nitrogens with zero attached hydrogens (tertiary/aromatic N) is 3. The molecule has 3 aromatic rings. The number of rotatable bonds is 3. The quantitative estimate of drug-likeness (QED) is 0.687. The summed E-state index contributed by atoms with van der Waals surface area (Å²) in [5, 5.41) is 3.47. The molecule has 0 aliphatic carbocycles. The van der Waals surface area contributed by atoms with E-state index in [0.717, 1.165) is 10.4 Å². The van der Waals surface area contributed by atoms with Crippen LogP contribution in [0, 0.1) is 0 Å². The number of halogens is 1. The Kier molecular flexibility index (Phi) is 3.08. The van der Waals surface area contributed by atoms with Crippen molar-refractivity contribution in [2.45, 2.75) is 5.38 Å². The summed E-state index contributed by atoms with van der Waals surface area (Å²) in [5.41, 5.74) is 2.65. The number of benzene rings is 1. The van der Waals surface area contributed by atoms with Crippen molar-refractivity contribution in [2.24, 2.45) is 0 Å². The molecule has 0 spiro atoms. The summed E-state index contributed by atoms with van der Waals surface area (Å²) in [6.07, 6.45) is 1.70. The average Bonchev–Trinajstić information content (AvgIpc) is 3.09. The molecular weight excluding hydrogens is 270 g/mol. The van der Waals surface area contributed by atoms with Gasteiger partial charge in [-0.25, -0.2) is 0 Å². The van der Waals surface area contributed by atoms with Crippen LogP contribution in [0.4, 0.5) is 0 Å². The monoisotopic (exact) mass is 277 g/mol. The smallest absolute Gasteiger partial charge is 0.249 e. The summed E-state index contributed by atoms with van der Waals surface area (Å²) in [7, 11) is 0. The molecular formula is C12H8ClN3OS. The molecule has 90 valence electrons. The molecule has 0 N–H and O–H groups in total. The van der Waals surface area contributed by atoms with E-state index in [4.69, 9.17) is 16.1 Å². The summed E-state index contributed by atoms with van der Waals surface area (Å²) >= 11 is 7.76. The molecule has 0 saturated carbocycles. The number of alkyl halides is 1. The van der Waals surface area contributed by atoms with Crippen molar-refractivity contribution in [1.29, 1.82) is 0 Å². The van der Waals surface area contributed by atoms with Crippen LogP contribution in [-0.4, -0.2) is 15.1 Å². The Bertz CT molecular complexity index is 624. The number of hydrogen-bond donors (Lipinski definition) is 0. The minimum Gasteiger partial charge on any atom is -0.337 e. The van der Waals surface area contributed by atoms with E-state index in [-0.39, 0.29) is 0 Å². The van der Waals surface area contributed by atoms with E-state index in [9.17, 15) is 0 Å². The van der Waals surface area contributed by atoms with Gasteiger partial charge in [0.05, 0.1) is 10.4 Å². The summed E-state index contributed by atoms with van der Waals surface area (Å²) in [4.78, 5) is 9.13. The summed E-state index contributed by atoms with van der Waals surface area (Å²) in [6, 6.07) is 9.63. The Morgan fingerprint density at radius 2 is 2.06 bits per heavy atom. The minimum atomic E-state index is -0.430. The Morgan fingerprint density at radius 3 is 2.78 bits per heavy atom. The van der Waals surface area contributed by atoms with E-state index in [1.165, 1.54) is 11.3 Å². The van der Waals surface area contributed by atoms with Gasteiger partial charge in [-0.3, -0.25) is 4.98 Å². The molecule has 1 aromatic carbocycles. The van der Waals surface area contributed by atoms with Gasteiger partial charge in [0.25, 0.3) is 0 Å². The lowest BCUT2D eigenvalue weighted by molar-refractivity contribution is 0.383. The van der Waals surface area contributed by atoms with Gasteiger partial charge in [0.1, 0.15) is 5.38 Å². The first-order valence-electron chi connectivity index (χ1n) is 5.26. The Balaban J connectivity index is 1.90. The van der Waals surface area contributed by atoms with Crippen LogP contribution in [0.25, 0.3) is 10.7 Å². The predicted octanol–water partition coefficient (Wildman–Crippen LogP) is 3.52. The zero-order chi connectivity index (χ0) is 12.4. The standard InChI is InChI=1S/C12H8ClN3OS/c13-10(8-4-2-1-3-5-8)12-15-11(16-17-12)9-6-14-7-18-9/h1-7,10H. The molecule has 18 heavy (non-hydrogen) atoms. The topological polar surface area (TPSA) is 51.8 Å². The van der Waals surface area contributed by atoms with E-state index >= 15 is 0 Å². The van der Waals surface area contributed by atoms with Gasteiger partial charge in [0.15, 0.2) is 0 Å². The largest absolute Gasteiger partial charge is 0.337 e. The van der Waals surface area contributed by atoms with Crippen LogP contribution in [0.1, 0.15) is 16.8 Å². The van der Waals surface area contributed by atoms with E-state index in [1.807, 2.05) is 30.3 Å². The zero-order valence-corrected chi connectivity index (χ0v) is 10.7. The Labute approximate surface area is 112 Å². The number of hydrogen-bond acceptors (Lipinski definition) is 5. The normalized spacial score (nSPS) is 12.5. The third-order valence-electron chi connectivity index (χ3n) is 2.40. The van der Waals surface area contributed by atoms with Crippen LogP contribution in [-0.2, 0) is 0 Å². The van der Waals surface area contributed by atoms with Gasteiger partial charge in [-0.05, 0) is 5.56 Å². The molecule has 1 unspecified atom stereocenters. The van der Waals surface area contributed by atoms with Gasteiger partial charge in [0, 0.05) is 6.20 Å². The van der Waals surface area contributed by atoms with Crippen molar-refractivity contribution in [3.05, 3.63) is 53.5 Å². The molecule has 4 nitrogen and oxygen atoms in total. The van der Waals surface area contributed by atoms with Crippen LogP contribution in [0.15, 0.2) is 46.6 Å². The third-order valence-corrected chi connectivity index (χ3v) is 3.61. The first-order chi connectivity index (χ1) is 8.84. The summed E-state index contributed by atoms with van der Waals surface area (Å²) in [6.45, 7) is 0. The van der Waals surface area contributed by atoms with Gasteiger partial charge in [-0.1, -0.05) is 35.5 Å². The fourth-order valence-electron chi connectivity index (χ4n) is 1.53. The highest BCUT2D eigenvalue weighted by atomic mass is 35.5. The van der Waals surface area contributed by atoms with E-state index < -0.39 is 5.38 Å². The maximum Gasteiger partial charge on any atom is 0.249 e. The molecule has 2 aromatic heterocycles. The number of aromatic nitrogens is 3. The molecule has 1 atom stereocenters. The lowest BCUT2D eigenvalue weighted by Gasteiger charge is -2.03. The van der Waals surface area contributed by atoms with Crippen LogP contribution in [0.5, 0.6) is 0 Å². The Hall–Kier alpha value is -1.72. The molecule has 0 aliphatic heterocycles. The summed E-state index contributed by atoms with van der Waals surface area (Å²) < 4.78 is 5.19.